The average molecular weight is 1720 g/mol. The zero-order chi connectivity index (χ0) is 77.8. The fraction of sp³-hybridized carbons (Fsp3) is 0.986. The van der Waals surface area contributed by atoms with Crippen LogP contribution >= 0.6 is 132 Å². The summed E-state index contributed by atoms with van der Waals surface area (Å²) < 4.78 is 115. The molecule has 31 heteroatoms. The number of ether oxygens (including phenoxy) is 1. The first-order chi connectivity index (χ1) is 47.5. The molecule has 0 fully saturated rings. The number of rotatable bonds is 67. The van der Waals surface area contributed by atoms with E-state index in [0.717, 1.165) is 62.7 Å². The van der Waals surface area contributed by atoms with Gasteiger partial charge >= 0.3 is 12.8 Å². The molecule has 0 heterocycles. The summed E-state index contributed by atoms with van der Waals surface area (Å²) in [7, 11) is -8.38. The molecule has 102 heavy (non-hydrogen) atoms. The monoisotopic (exact) mass is 1710 g/mol. The standard InChI is InChI=1S/C71H149O17P7S7/c1-32-74-71(72)33-34-96-89(83-65(26)43-99-94(84-66(27)44-97-90(75-57(18)35-49(2)3)76-58(19)36-50(4)5)85-67(28)45-98-91(77-59(20)37-51(6)7)78-60(21)38-52(8)9)86-68(29)48-102-95(73,87-69(30)46-100-92(79-61(22)39-53(10)11)80-62(23)40-54(12)13)88-70(31)47-101-93(81-63(24)41-55(14)15)82-64(25)42-56(16)17/h49-70H,32-48H2,1-31H3. The van der Waals surface area contributed by atoms with E-state index in [9.17, 15) is 4.79 Å². The van der Waals surface area contributed by atoms with Gasteiger partial charge in [0.2, 0.25) is 45.5 Å². The second-order valence-corrected chi connectivity index (χ2v) is 53.7. The zero-order valence-corrected chi connectivity index (χ0v) is 81.1. The van der Waals surface area contributed by atoms with Gasteiger partial charge in [0.15, 0.2) is 0 Å². The Bertz CT molecular complexity index is 1910. The van der Waals surface area contributed by atoms with E-state index in [0.29, 0.717) is 88.5 Å². The van der Waals surface area contributed by atoms with E-state index >= 15 is 4.57 Å². The molecule has 0 spiro atoms. The largest absolute Gasteiger partial charge is 0.466 e. The first-order valence-electron chi connectivity index (χ1n) is 37.9. The quantitative estimate of drug-likeness (QED) is 0.0415. The van der Waals surface area contributed by atoms with Gasteiger partial charge in [-0.2, -0.15) is 0 Å². The van der Waals surface area contributed by atoms with E-state index in [1.807, 2.05) is 34.6 Å². The average Bonchev–Trinajstić information content (AvgIpc) is 0.859. The van der Waals surface area contributed by atoms with Gasteiger partial charge < -0.3 is 59.0 Å². The maximum Gasteiger partial charge on any atom is 0.389 e. The fourth-order valence-corrected chi connectivity index (χ4v) is 35.9. The predicted molar refractivity (Wildman–Crippen MR) is 461 cm³/mol. The topological polar surface area (TPSA) is 173 Å². The maximum atomic E-state index is 15.6. The molecule has 0 bridgehead atoms. The van der Waals surface area contributed by atoms with Crippen molar-refractivity contribution in [1.29, 1.82) is 0 Å². The SMILES string of the molecule is CCOC(=O)CCSP(OC(C)CSP(OC(C)CSP(OC(C)CC(C)C)OC(C)CC(C)C)OC(C)CSP(OC(C)CC(C)C)OC(C)CC(C)C)OC(C)CSP(=O)(OC(C)CSP(OC(C)CC(C)C)OC(C)CC(C)C)OC(C)CSP(OC(C)CC(C)C)OC(C)CC(C)C. The van der Waals surface area contributed by atoms with E-state index in [2.05, 4.69) is 180 Å². The predicted octanol–water partition coefficient (Wildman–Crippen LogP) is 28.6. The number of hydrogen-bond acceptors (Lipinski definition) is 24. The Morgan fingerprint density at radius 3 is 0.667 bits per heavy atom. The van der Waals surface area contributed by atoms with Gasteiger partial charge in [-0.1, -0.05) is 179 Å². The van der Waals surface area contributed by atoms with Crippen LogP contribution in [0.2, 0.25) is 0 Å². The molecule has 15 unspecified atom stereocenters. The fourth-order valence-electron chi connectivity index (χ4n) is 10.1. The molecule has 0 saturated heterocycles. The minimum absolute atomic E-state index is 0.00326. The molecule has 0 N–H and O–H groups in total. The Kier molecular flexibility index (Phi) is 64.1. The summed E-state index contributed by atoms with van der Waals surface area (Å²) in [4.78, 5) is 12.8. The van der Waals surface area contributed by atoms with Crippen LogP contribution in [0.3, 0.4) is 0 Å². The summed E-state index contributed by atoms with van der Waals surface area (Å²) in [5.41, 5.74) is 0. The number of carbonyl (C=O) groups excluding carboxylic acids is 1. The van der Waals surface area contributed by atoms with Crippen molar-refractivity contribution < 1.29 is 77.4 Å². The van der Waals surface area contributed by atoms with Gasteiger partial charge in [0.1, 0.15) is 0 Å². The lowest BCUT2D eigenvalue weighted by Gasteiger charge is -2.29. The van der Waals surface area contributed by atoms with Crippen molar-refractivity contribution in [2.45, 2.75) is 358 Å². The number of hydrogen-bond donors (Lipinski definition) is 0. The van der Waals surface area contributed by atoms with Crippen LogP contribution in [0.25, 0.3) is 0 Å². The molecular formula is C71H149O17P7S7. The summed E-state index contributed by atoms with van der Waals surface area (Å²) in [6.07, 6.45) is 5.59. The van der Waals surface area contributed by atoms with Crippen LogP contribution in [0.1, 0.15) is 272 Å². The van der Waals surface area contributed by atoms with Crippen LogP contribution in [-0.4, -0.2) is 138 Å². The molecule has 0 amide bonds. The van der Waals surface area contributed by atoms with Gasteiger partial charge in [-0.05, 0) is 214 Å². The first kappa shape index (κ1) is 106. The van der Waals surface area contributed by atoms with E-state index in [4.69, 9.17) is 68.1 Å². The Morgan fingerprint density at radius 2 is 0.461 bits per heavy atom. The Labute approximate surface area is 662 Å². The normalized spacial score (nSPS) is 19.3. The van der Waals surface area contributed by atoms with Crippen LogP contribution in [0.15, 0.2) is 0 Å². The van der Waals surface area contributed by atoms with E-state index < -0.39 is 70.6 Å². The minimum Gasteiger partial charge on any atom is -0.466 e. The van der Waals surface area contributed by atoms with Crippen molar-refractivity contribution in [3.63, 3.8) is 0 Å². The van der Waals surface area contributed by atoms with Crippen LogP contribution in [0.5, 0.6) is 0 Å². The molecule has 0 aromatic rings. The molecule has 0 aliphatic heterocycles. The molecule has 0 aromatic heterocycles. The highest BCUT2D eigenvalue weighted by atomic mass is 32.7. The second-order valence-electron chi connectivity index (χ2n) is 30.8. The third-order valence-electron chi connectivity index (χ3n) is 13.6. The molecule has 0 aliphatic rings. The summed E-state index contributed by atoms with van der Waals surface area (Å²) in [6, 6.07) is 0. The van der Waals surface area contributed by atoms with Crippen LogP contribution in [0.4, 0.5) is 0 Å². The molecular weight excluding hydrogens is 1570 g/mol. The molecule has 17 nitrogen and oxygen atoms in total. The smallest absolute Gasteiger partial charge is 0.389 e. The Balaban J connectivity index is 7.23. The van der Waals surface area contributed by atoms with Gasteiger partial charge in [-0.25, -0.2) is 4.57 Å². The highest BCUT2D eigenvalue weighted by molar-refractivity contribution is 8.55. The summed E-state index contributed by atoms with van der Waals surface area (Å²) in [5, 5.41) is 0. The van der Waals surface area contributed by atoms with Crippen molar-refractivity contribution in [2.75, 3.05) is 46.9 Å². The van der Waals surface area contributed by atoms with E-state index in [-0.39, 0.29) is 85.3 Å². The van der Waals surface area contributed by atoms with Crippen LogP contribution < -0.4 is 0 Å². The molecule has 0 radical (unpaired) electrons. The lowest BCUT2D eigenvalue weighted by Crippen LogP contribution is -2.18. The number of carbonyl (C=O) groups is 1. The molecule has 612 valence electrons. The molecule has 0 rings (SSSR count). The van der Waals surface area contributed by atoms with Gasteiger partial charge in [-0.15, -0.1) is 0 Å². The van der Waals surface area contributed by atoms with Crippen molar-refractivity contribution in [3.05, 3.63) is 0 Å². The molecule has 0 aliphatic carbocycles. The molecule has 0 aromatic carbocycles. The van der Waals surface area contributed by atoms with Crippen molar-refractivity contribution in [1.82, 2.24) is 0 Å². The highest BCUT2D eigenvalue weighted by Gasteiger charge is 2.36. The molecule has 15 atom stereocenters. The lowest BCUT2D eigenvalue weighted by molar-refractivity contribution is -0.142. The zero-order valence-electron chi connectivity index (χ0n) is 69.2. The Morgan fingerprint density at radius 1 is 0.275 bits per heavy atom. The first-order valence-corrected chi connectivity index (χ1v) is 57.6. The van der Waals surface area contributed by atoms with Crippen LogP contribution in [0, 0.1) is 47.3 Å². The van der Waals surface area contributed by atoms with Gasteiger partial charge in [-0.3, -0.25) is 13.8 Å². The summed E-state index contributed by atoms with van der Waals surface area (Å²) in [5.74, 6) is 6.98. The van der Waals surface area contributed by atoms with Gasteiger partial charge in [0.05, 0.1) is 98.5 Å². The lowest BCUT2D eigenvalue weighted by atomic mass is 10.1. The van der Waals surface area contributed by atoms with Crippen molar-refractivity contribution in [3.8, 4) is 0 Å². The van der Waals surface area contributed by atoms with Gasteiger partial charge in [0.25, 0.3) is 0 Å². The number of esters is 1. The minimum atomic E-state index is -3.92. The third-order valence-corrected chi connectivity index (χ3v) is 38.5. The Hall–Kier alpha value is 4.17. The van der Waals surface area contributed by atoms with E-state index in [1.165, 1.54) is 11.4 Å². The van der Waals surface area contributed by atoms with Crippen LogP contribution in [-0.2, 0) is 77.4 Å². The van der Waals surface area contributed by atoms with E-state index in [1.54, 1.807) is 56.9 Å². The summed E-state index contributed by atoms with van der Waals surface area (Å²) in [6.45, 7) is 62.6. The second kappa shape index (κ2) is 61.5. The maximum absolute atomic E-state index is 15.6. The summed E-state index contributed by atoms with van der Waals surface area (Å²) >= 11 is 10.7. The van der Waals surface area contributed by atoms with Crippen molar-refractivity contribution in [2.24, 2.45) is 47.3 Å². The third kappa shape index (κ3) is 61.6. The molecule has 0 saturated carbocycles. The van der Waals surface area contributed by atoms with Gasteiger partial charge in [0, 0.05) is 40.3 Å². The van der Waals surface area contributed by atoms with Crippen molar-refractivity contribution >= 4 is 138 Å². The highest BCUT2D eigenvalue weighted by Crippen LogP contribution is 2.66.